The molecule has 0 aliphatic carbocycles. The van der Waals surface area contributed by atoms with E-state index >= 15 is 0 Å². The van der Waals surface area contributed by atoms with Gasteiger partial charge in [0.05, 0.1) is 5.69 Å². The molecule has 3 heterocycles. The third-order valence-corrected chi connectivity index (χ3v) is 4.93. The maximum atomic E-state index is 4.68. The molecule has 2 aromatic heterocycles. The number of aromatic nitrogens is 4. The molecule has 25 heavy (non-hydrogen) atoms. The molecular formula is C18H29N7. The van der Waals surface area contributed by atoms with Crippen molar-refractivity contribution in [3.8, 4) is 0 Å². The Labute approximate surface area is 150 Å². The molecule has 0 aromatic carbocycles. The Morgan fingerprint density at radius 2 is 2.08 bits per heavy atom. The van der Waals surface area contributed by atoms with Crippen LogP contribution in [0.5, 0.6) is 0 Å². The van der Waals surface area contributed by atoms with Crippen molar-refractivity contribution in [1.82, 2.24) is 24.6 Å². The molecule has 1 unspecified atom stereocenters. The van der Waals surface area contributed by atoms with Crippen LogP contribution >= 0.6 is 0 Å². The van der Waals surface area contributed by atoms with Gasteiger partial charge in [0.25, 0.3) is 0 Å². The van der Waals surface area contributed by atoms with Crippen molar-refractivity contribution in [3.63, 3.8) is 0 Å². The molecule has 136 valence electrons. The van der Waals surface area contributed by atoms with E-state index in [-0.39, 0.29) is 0 Å². The number of piperidine rings is 1. The number of hydrogen-bond donors (Lipinski definition) is 0. The first-order valence-corrected chi connectivity index (χ1v) is 8.88. The normalized spacial score (nSPS) is 18.4. The van der Waals surface area contributed by atoms with E-state index in [0.717, 1.165) is 37.1 Å². The Kier molecular flexibility index (Phi) is 5.22. The lowest BCUT2D eigenvalue weighted by molar-refractivity contribution is 0.198. The third-order valence-electron chi connectivity index (χ3n) is 4.93. The standard InChI is InChI=1S/C18H29N7/c1-14-15(11-23(4)21-14)12-25-10-6-7-16(13-25)24(5)17-8-9-19-18(20-17)22(2)3/h8-9,11,16H,6-7,10,12-13H2,1-5H3. The Morgan fingerprint density at radius 3 is 2.76 bits per heavy atom. The summed E-state index contributed by atoms with van der Waals surface area (Å²) in [5, 5.41) is 4.46. The molecule has 1 saturated heterocycles. The number of anilines is 2. The lowest BCUT2D eigenvalue weighted by atomic mass is 10.0. The highest BCUT2D eigenvalue weighted by Gasteiger charge is 2.25. The van der Waals surface area contributed by atoms with E-state index in [0.29, 0.717) is 6.04 Å². The van der Waals surface area contributed by atoms with Crippen molar-refractivity contribution in [2.75, 3.05) is 44.0 Å². The first-order chi connectivity index (χ1) is 11.9. The molecule has 0 saturated carbocycles. The zero-order valence-corrected chi connectivity index (χ0v) is 16.0. The minimum Gasteiger partial charge on any atom is -0.355 e. The van der Waals surface area contributed by atoms with Crippen molar-refractivity contribution >= 4 is 11.8 Å². The van der Waals surface area contributed by atoms with E-state index < -0.39 is 0 Å². The van der Waals surface area contributed by atoms with Crippen molar-refractivity contribution in [3.05, 3.63) is 29.7 Å². The predicted octanol–water partition coefficient (Wildman–Crippen LogP) is 1.69. The maximum Gasteiger partial charge on any atom is 0.226 e. The van der Waals surface area contributed by atoms with Crippen LogP contribution < -0.4 is 9.80 Å². The highest BCUT2D eigenvalue weighted by Crippen LogP contribution is 2.22. The highest BCUT2D eigenvalue weighted by molar-refractivity contribution is 5.43. The Bertz CT molecular complexity index is 709. The highest BCUT2D eigenvalue weighted by atomic mass is 15.3. The molecular weight excluding hydrogens is 314 g/mol. The van der Waals surface area contributed by atoms with E-state index in [1.54, 1.807) is 0 Å². The van der Waals surface area contributed by atoms with Crippen LogP contribution in [0.4, 0.5) is 11.8 Å². The molecule has 7 heteroatoms. The van der Waals surface area contributed by atoms with Gasteiger partial charge in [-0.25, -0.2) is 4.98 Å². The summed E-state index contributed by atoms with van der Waals surface area (Å²) in [5.41, 5.74) is 2.45. The third kappa shape index (κ3) is 4.10. The molecule has 0 amide bonds. The van der Waals surface area contributed by atoms with Crippen molar-refractivity contribution in [2.45, 2.75) is 32.4 Å². The Balaban J connectivity index is 1.68. The maximum absolute atomic E-state index is 4.68. The number of likely N-dealkylation sites (tertiary alicyclic amines) is 1. The molecule has 1 fully saturated rings. The van der Waals surface area contributed by atoms with E-state index in [1.807, 2.05) is 43.0 Å². The van der Waals surface area contributed by atoms with Crippen molar-refractivity contribution in [1.29, 1.82) is 0 Å². The zero-order valence-electron chi connectivity index (χ0n) is 16.0. The van der Waals surface area contributed by atoms with Crippen molar-refractivity contribution < 1.29 is 0 Å². The summed E-state index contributed by atoms with van der Waals surface area (Å²) in [7, 11) is 8.07. The average molecular weight is 343 g/mol. The summed E-state index contributed by atoms with van der Waals surface area (Å²) in [5.74, 6) is 1.74. The van der Waals surface area contributed by atoms with Crippen LogP contribution in [0.1, 0.15) is 24.1 Å². The average Bonchev–Trinajstić information content (AvgIpc) is 2.91. The molecule has 0 spiro atoms. The van der Waals surface area contributed by atoms with Gasteiger partial charge in [-0.1, -0.05) is 0 Å². The van der Waals surface area contributed by atoms with Crippen LogP contribution in [-0.4, -0.2) is 64.9 Å². The minimum atomic E-state index is 0.468. The van der Waals surface area contributed by atoms with Crippen LogP contribution in [0.2, 0.25) is 0 Å². The van der Waals surface area contributed by atoms with Gasteiger partial charge in [-0.2, -0.15) is 10.1 Å². The quantitative estimate of drug-likeness (QED) is 0.823. The summed E-state index contributed by atoms with van der Waals surface area (Å²) in [4.78, 5) is 15.8. The van der Waals surface area contributed by atoms with Gasteiger partial charge in [-0.3, -0.25) is 9.58 Å². The van der Waals surface area contributed by atoms with E-state index in [9.17, 15) is 0 Å². The Hall–Kier alpha value is -2.15. The molecule has 1 aliphatic heterocycles. The van der Waals surface area contributed by atoms with Gasteiger partial charge in [0.2, 0.25) is 5.95 Å². The second-order valence-electron chi connectivity index (χ2n) is 7.16. The van der Waals surface area contributed by atoms with Crippen LogP contribution in [0.3, 0.4) is 0 Å². The number of aryl methyl sites for hydroxylation is 2. The Morgan fingerprint density at radius 1 is 1.28 bits per heavy atom. The molecule has 0 bridgehead atoms. The summed E-state index contributed by atoms with van der Waals surface area (Å²) >= 11 is 0. The fourth-order valence-corrected chi connectivity index (χ4v) is 3.47. The SMILES string of the molecule is Cc1nn(C)cc1CN1CCCC(N(C)c2ccnc(N(C)C)n2)C1. The number of rotatable bonds is 5. The van der Waals surface area contributed by atoms with Gasteiger partial charge >= 0.3 is 0 Å². The molecule has 1 atom stereocenters. The van der Waals surface area contributed by atoms with Crippen LogP contribution in [0.15, 0.2) is 18.5 Å². The van der Waals surface area contributed by atoms with Gasteiger partial charge in [-0.15, -0.1) is 0 Å². The topological polar surface area (TPSA) is 53.3 Å². The first-order valence-electron chi connectivity index (χ1n) is 8.88. The second-order valence-corrected chi connectivity index (χ2v) is 7.16. The minimum absolute atomic E-state index is 0.468. The van der Waals surface area contributed by atoms with E-state index in [1.165, 1.54) is 18.4 Å². The van der Waals surface area contributed by atoms with Crippen LogP contribution in [0, 0.1) is 6.92 Å². The van der Waals surface area contributed by atoms with Gasteiger partial charge in [0.1, 0.15) is 5.82 Å². The number of likely N-dealkylation sites (N-methyl/N-ethyl adjacent to an activating group) is 1. The smallest absolute Gasteiger partial charge is 0.226 e. The van der Waals surface area contributed by atoms with Crippen LogP contribution in [0.25, 0.3) is 0 Å². The lowest BCUT2D eigenvalue weighted by Gasteiger charge is -2.38. The lowest BCUT2D eigenvalue weighted by Crippen LogP contribution is -2.46. The van der Waals surface area contributed by atoms with Gasteiger partial charge in [0.15, 0.2) is 0 Å². The van der Waals surface area contributed by atoms with E-state index in [4.69, 9.17) is 0 Å². The summed E-state index contributed by atoms with van der Waals surface area (Å²) in [6, 6.07) is 2.47. The second kappa shape index (κ2) is 7.39. The molecule has 3 rings (SSSR count). The van der Waals surface area contributed by atoms with Gasteiger partial charge in [0, 0.05) is 65.3 Å². The predicted molar refractivity (Wildman–Crippen MR) is 101 cm³/mol. The molecule has 7 nitrogen and oxygen atoms in total. The number of nitrogens with zero attached hydrogens (tertiary/aromatic N) is 7. The summed E-state index contributed by atoms with van der Waals surface area (Å²) < 4.78 is 1.90. The largest absolute Gasteiger partial charge is 0.355 e. The molecule has 0 N–H and O–H groups in total. The summed E-state index contributed by atoms with van der Waals surface area (Å²) in [6.07, 6.45) is 6.38. The fourth-order valence-electron chi connectivity index (χ4n) is 3.47. The molecule has 1 aliphatic rings. The van der Waals surface area contributed by atoms with Crippen LogP contribution in [-0.2, 0) is 13.6 Å². The molecule has 0 radical (unpaired) electrons. The monoisotopic (exact) mass is 343 g/mol. The molecule has 2 aromatic rings. The zero-order chi connectivity index (χ0) is 18.0. The fraction of sp³-hybridized carbons (Fsp3) is 0.611. The first kappa shape index (κ1) is 17.7. The van der Waals surface area contributed by atoms with Crippen molar-refractivity contribution in [2.24, 2.45) is 7.05 Å². The number of hydrogen-bond acceptors (Lipinski definition) is 6. The van der Waals surface area contributed by atoms with Gasteiger partial charge in [-0.05, 0) is 32.4 Å². The van der Waals surface area contributed by atoms with Gasteiger partial charge < -0.3 is 9.80 Å². The summed E-state index contributed by atoms with van der Waals surface area (Å²) in [6.45, 7) is 5.25. The van der Waals surface area contributed by atoms with E-state index in [2.05, 4.69) is 45.0 Å².